The predicted molar refractivity (Wildman–Crippen MR) is 26.6 cm³/mol. The fraction of sp³-hybridized carbons (Fsp3) is 0.333. The van der Waals surface area contributed by atoms with E-state index < -0.39 is 0 Å². The van der Waals surface area contributed by atoms with E-state index in [9.17, 15) is 0 Å². The number of hydrogen-bond donors (Lipinski definition) is 1. The van der Waals surface area contributed by atoms with Crippen molar-refractivity contribution in [1.82, 2.24) is 0 Å². The van der Waals surface area contributed by atoms with Crippen LogP contribution in [-0.2, 0) is 0 Å². The van der Waals surface area contributed by atoms with Crippen LogP contribution in [-0.4, -0.2) is 0 Å². The first kappa shape index (κ1) is 5.05. The number of rotatable bonds is 1. The number of nitrogens with two attached hydrogens (primary N) is 1. The second-order valence-corrected chi connectivity index (χ2v) is 1.15. The molecule has 0 amide bonds. The summed E-state index contributed by atoms with van der Waals surface area (Å²) < 4.78 is 0. The van der Waals surface area contributed by atoms with Gasteiger partial charge in [-0.15, -0.1) is 0 Å². The van der Waals surface area contributed by atoms with Crippen molar-refractivity contribution in [2.24, 2.45) is 5.14 Å². The monoisotopic (exact) mass is 89.0 g/mol. The molecular weight excluding hydrogens is 82.1 g/mol. The van der Waals surface area contributed by atoms with Crippen molar-refractivity contribution in [2.45, 2.75) is 6.92 Å². The van der Waals surface area contributed by atoms with Crippen LogP contribution in [0, 0.1) is 0 Å². The molecule has 0 rings (SSSR count). The summed E-state index contributed by atoms with van der Waals surface area (Å²) in [5.74, 6) is 0. The summed E-state index contributed by atoms with van der Waals surface area (Å²) in [5.41, 5.74) is 0. The van der Waals surface area contributed by atoms with Gasteiger partial charge in [0.05, 0.1) is 0 Å². The van der Waals surface area contributed by atoms with Crippen LogP contribution in [0.2, 0.25) is 0 Å². The Bertz CT molecular complexity index is 33.9. The van der Waals surface area contributed by atoms with Gasteiger partial charge in [-0.05, 0) is 12.3 Å². The maximum atomic E-state index is 4.97. The zero-order valence-electron chi connectivity index (χ0n) is 3.14. The van der Waals surface area contributed by atoms with E-state index in [1.54, 1.807) is 0 Å². The Morgan fingerprint density at radius 3 is 2.40 bits per heavy atom. The van der Waals surface area contributed by atoms with Crippen LogP contribution in [0.1, 0.15) is 6.92 Å². The third-order valence-corrected chi connectivity index (χ3v) is 0.644. The normalized spacial score (nSPS) is 10.0. The molecule has 0 radical (unpaired) electrons. The highest BCUT2D eigenvalue weighted by atomic mass is 32.2. The van der Waals surface area contributed by atoms with Gasteiger partial charge in [-0.2, -0.15) is 0 Å². The van der Waals surface area contributed by atoms with Crippen molar-refractivity contribution in [1.29, 1.82) is 0 Å². The van der Waals surface area contributed by atoms with Crippen LogP contribution in [0.25, 0.3) is 0 Å². The van der Waals surface area contributed by atoms with Gasteiger partial charge in [0.1, 0.15) is 0 Å². The first-order chi connectivity index (χ1) is 2.41. The SMILES string of the molecule is CC=CSN. The van der Waals surface area contributed by atoms with Gasteiger partial charge >= 0.3 is 0 Å². The molecule has 1 nitrogen and oxygen atoms in total. The Kier molecular flexibility index (Phi) is 4.09. The van der Waals surface area contributed by atoms with E-state index in [4.69, 9.17) is 5.14 Å². The molecule has 2 N–H and O–H groups in total. The lowest BCUT2D eigenvalue weighted by Gasteiger charge is -1.66. The van der Waals surface area contributed by atoms with Crippen LogP contribution in [0.5, 0.6) is 0 Å². The summed E-state index contributed by atoms with van der Waals surface area (Å²) in [7, 11) is 0. The van der Waals surface area contributed by atoms with Gasteiger partial charge in [0, 0.05) is 0 Å². The van der Waals surface area contributed by atoms with Crippen LogP contribution in [0.3, 0.4) is 0 Å². The summed E-state index contributed by atoms with van der Waals surface area (Å²) in [5, 5.41) is 6.79. The second kappa shape index (κ2) is 4.05. The van der Waals surface area contributed by atoms with Crippen molar-refractivity contribution in [2.75, 3.05) is 0 Å². The largest absolute Gasteiger partial charge is 0.274 e. The molecule has 0 fully saturated rings. The zero-order chi connectivity index (χ0) is 4.12. The minimum Gasteiger partial charge on any atom is -0.274 e. The lowest BCUT2D eigenvalue weighted by atomic mass is 10.8. The van der Waals surface area contributed by atoms with Crippen molar-refractivity contribution >= 4 is 11.9 Å². The van der Waals surface area contributed by atoms with Crippen molar-refractivity contribution < 1.29 is 0 Å². The molecule has 0 atom stereocenters. The van der Waals surface area contributed by atoms with Crippen LogP contribution in [0.4, 0.5) is 0 Å². The molecular formula is C3H7NS. The molecule has 0 heterocycles. The van der Waals surface area contributed by atoms with Crippen molar-refractivity contribution in [3.8, 4) is 0 Å². The van der Waals surface area contributed by atoms with Gasteiger partial charge in [0.25, 0.3) is 0 Å². The molecule has 0 unspecified atom stereocenters. The molecule has 0 aliphatic rings. The van der Waals surface area contributed by atoms with E-state index >= 15 is 0 Å². The first-order valence-corrected chi connectivity index (χ1v) is 2.32. The van der Waals surface area contributed by atoms with Crippen molar-refractivity contribution in [3.63, 3.8) is 0 Å². The zero-order valence-corrected chi connectivity index (χ0v) is 3.96. The second-order valence-electron chi connectivity index (χ2n) is 0.605. The molecule has 0 saturated heterocycles. The smallest absolute Gasteiger partial charge is 0.0181 e. The highest BCUT2D eigenvalue weighted by Crippen LogP contribution is 1.83. The molecule has 0 aromatic rings. The van der Waals surface area contributed by atoms with Gasteiger partial charge < -0.3 is 0 Å². The summed E-state index contributed by atoms with van der Waals surface area (Å²) in [6.45, 7) is 1.93. The Morgan fingerprint density at radius 2 is 2.40 bits per heavy atom. The summed E-state index contributed by atoms with van der Waals surface area (Å²) in [4.78, 5) is 0. The van der Waals surface area contributed by atoms with E-state index in [0.29, 0.717) is 0 Å². The molecule has 0 bridgehead atoms. The highest BCUT2D eigenvalue weighted by Gasteiger charge is 1.51. The topological polar surface area (TPSA) is 26.0 Å². The minimum absolute atomic E-state index is 1.22. The quantitative estimate of drug-likeness (QED) is 0.487. The Hall–Kier alpha value is 0.0500. The lowest BCUT2D eigenvalue weighted by molar-refractivity contribution is 1.78. The van der Waals surface area contributed by atoms with Crippen LogP contribution in [0.15, 0.2) is 11.5 Å². The van der Waals surface area contributed by atoms with Gasteiger partial charge in [-0.3, -0.25) is 5.14 Å². The van der Waals surface area contributed by atoms with Gasteiger partial charge in [0.2, 0.25) is 0 Å². The van der Waals surface area contributed by atoms with E-state index in [1.807, 2.05) is 18.4 Å². The van der Waals surface area contributed by atoms with Crippen LogP contribution >= 0.6 is 11.9 Å². The maximum Gasteiger partial charge on any atom is -0.0181 e. The Labute approximate surface area is 36.4 Å². The summed E-state index contributed by atoms with van der Waals surface area (Å²) >= 11 is 1.22. The average molecular weight is 89.2 g/mol. The lowest BCUT2D eigenvalue weighted by Crippen LogP contribution is -1.65. The summed E-state index contributed by atoms with van der Waals surface area (Å²) in [6, 6.07) is 0. The van der Waals surface area contributed by atoms with Crippen molar-refractivity contribution in [3.05, 3.63) is 11.5 Å². The highest BCUT2D eigenvalue weighted by molar-refractivity contribution is 7.99. The molecule has 2 heteroatoms. The molecule has 5 heavy (non-hydrogen) atoms. The molecule has 0 aromatic heterocycles. The average Bonchev–Trinajstić information content (AvgIpc) is 1.41. The molecule has 30 valence electrons. The third-order valence-electron chi connectivity index (χ3n) is 0.215. The fourth-order valence-electron chi connectivity index (χ4n) is 0.0786. The molecule has 0 aliphatic heterocycles. The van der Waals surface area contributed by atoms with E-state index in [0.717, 1.165) is 0 Å². The number of allylic oxidation sites excluding steroid dienone is 1. The first-order valence-electron chi connectivity index (χ1n) is 1.38. The van der Waals surface area contributed by atoms with E-state index in [2.05, 4.69) is 0 Å². The van der Waals surface area contributed by atoms with Gasteiger partial charge in [-0.25, -0.2) is 0 Å². The van der Waals surface area contributed by atoms with E-state index in [-0.39, 0.29) is 0 Å². The summed E-state index contributed by atoms with van der Waals surface area (Å²) in [6.07, 6.45) is 1.89. The standard InChI is InChI=1S/C3H7NS/c1-2-3-5-4/h2-3H,4H2,1H3. The maximum absolute atomic E-state index is 4.97. The molecule has 0 spiro atoms. The van der Waals surface area contributed by atoms with Gasteiger partial charge in [-0.1, -0.05) is 18.0 Å². The van der Waals surface area contributed by atoms with Gasteiger partial charge in [0.15, 0.2) is 0 Å². The molecule has 0 saturated carbocycles. The fourth-order valence-corrected chi connectivity index (χ4v) is 0.236. The minimum atomic E-state index is 1.22. The van der Waals surface area contributed by atoms with Crippen LogP contribution < -0.4 is 5.14 Å². The molecule has 0 aliphatic carbocycles. The van der Waals surface area contributed by atoms with E-state index in [1.165, 1.54) is 11.9 Å². The number of hydrogen-bond acceptors (Lipinski definition) is 2. The third kappa shape index (κ3) is 4.05. The Balaban J connectivity index is 2.62. The Morgan fingerprint density at radius 1 is 1.80 bits per heavy atom. The predicted octanol–water partition coefficient (Wildman–Crippen LogP) is 1.13. The molecule has 0 aromatic carbocycles.